The number of benzene rings is 1. The molecule has 0 aliphatic heterocycles. The summed E-state index contributed by atoms with van der Waals surface area (Å²) in [5, 5.41) is 4.32. The van der Waals surface area contributed by atoms with E-state index in [1.165, 1.54) is 15.6 Å². The van der Waals surface area contributed by atoms with E-state index in [0.29, 0.717) is 0 Å². The van der Waals surface area contributed by atoms with Crippen LogP contribution >= 0.6 is 22.9 Å². The maximum absolute atomic E-state index is 6.06. The molecule has 0 amide bonds. The lowest BCUT2D eigenvalue weighted by atomic mass is 10.1. The molecule has 0 atom stereocenters. The van der Waals surface area contributed by atoms with Gasteiger partial charge >= 0.3 is 0 Å². The second kappa shape index (κ2) is 3.08. The number of aryl methyl sites for hydroxylation is 1. The van der Waals surface area contributed by atoms with Crippen LogP contribution in [-0.2, 0) is 6.42 Å². The molecule has 62 valence electrons. The predicted octanol–water partition coefficient (Wildman–Crippen LogP) is 4.12. The lowest BCUT2D eigenvalue weighted by molar-refractivity contribution is 1.16. The van der Waals surface area contributed by atoms with Crippen molar-refractivity contribution in [1.29, 1.82) is 0 Å². The number of fused-ring (bicyclic) bond motifs is 1. The summed E-state index contributed by atoms with van der Waals surface area (Å²) in [5.41, 5.74) is 1.27. The Bertz CT molecular complexity index is 403. The third-order valence-electron chi connectivity index (χ3n) is 2.04. The fraction of sp³-hybridized carbons (Fsp3) is 0.200. The largest absolute Gasteiger partial charge is 0.144 e. The first-order valence-corrected chi connectivity index (χ1v) is 5.23. The zero-order valence-corrected chi connectivity index (χ0v) is 8.38. The molecule has 1 aromatic carbocycles. The van der Waals surface area contributed by atoms with Crippen molar-refractivity contribution < 1.29 is 0 Å². The second-order valence-electron chi connectivity index (χ2n) is 2.71. The Morgan fingerprint density at radius 2 is 2.17 bits per heavy atom. The summed E-state index contributed by atoms with van der Waals surface area (Å²) in [4.78, 5) is 0. The van der Waals surface area contributed by atoms with Crippen LogP contribution in [0.4, 0.5) is 0 Å². The monoisotopic (exact) mass is 196 g/mol. The predicted molar refractivity (Wildman–Crippen MR) is 56.2 cm³/mol. The van der Waals surface area contributed by atoms with E-state index in [-0.39, 0.29) is 0 Å². The number of halogens is 1. The van der Waals surface area contributed by atoms with E-state index >= 15 is 0 Å². The lowest BCUT2D eigenvalue weighted by Gasteiger charge is -2.01. The third kappa shape index (κ3) is 1.13. The molecule has 0 nitrogen and oxygen atoms in total. The van der Waals surface area contributed by atoms with Crippen LogP contribution in [0, 0.1) is 0 Å². The molecule has 2 rings (SSSR count). The smallest absolute Gasteiger partial charge is 0.0444 e. The van der Waals surface area contributed by atoms with Crippen molar-refractivity contribution in [3.05, 3.63) is 34.2 Å². The minimum absolute atomic E-state index is 0.892. The summed E-state index contributed by atoms with van der Waals surface area (Å²) < 4.78 is 1.33. The van der Waals surface area contributed by atoms with Crippen molar-refractivity contribution in [3.8, 4) is 0 Å². The Morgan fingerprint density at radius 1 is 1.33 bits per heavy atom. The Labute approximate surface area is 80.8 Å². The zero-order valence-electron chi connectivity index (χ0n) is 6.80. The second-order valence-corrected chi connectivity index (χ2v) is 4.07. The molecular formula is C10H9ClS. The Kier molecular flexibility index (Phi) is 2.07. The normalized spacial score (nSPS) is 10.8. The molecule has 0 unspecified atom stereocenters. The van der Waals surface area contributed by atoms with Gasteiger partial charge in [0.15, 0.2) is 0 Å². The van der Waals surface area contributed by atoms with Gasteiger partial charge in [-0.1, -0.05) is 18.5 Å². The molecule has 0 aliphatic carbocycles. The van der Waals surface area contributed by atoms with Crippen LogP contribution in [-0.4, -0.2) is 0 Å². The fourth-order valence-electron chi connectivity index (χ4n) is 1.44. The maximum atomic E-state index is 6.06. The molecule has 2 aromatic rings. The first-order valence-electron chi connectivity index (χ1n) is 3.97. The first-order chi connectivity index (χ1) is 5.83. The highest BCUT2D eigenvalue weighted by Gasteiger charge is 2.03. The highest BCUT2D eigenvalue weighted by molar-refractivity contribution is 7.17. The van der Waals surface area contributed by atoms with Crippen LogP contribution < -0.4 is 0 Å². The van der Waals surface area contributed by atoms with Gasteiger partial charge in [0.25, 0.3) is 0 Å². The Balaban J connectivity index is 2.83. The maximum Gasteiger partial charge on any atom is 0.0444 e. The molecule has 0 spiro atoms. The number of hydrogen-bond acceptors (Lipinski definition) is 1. The summed E-state index contributed by atoms with van der Waals surface area (Å²) >= 11 is 7.83. The quantitative estimate of drug-likeness (QED) is 0.644. The van der Waals surface area contributed by atoms with Gasteiger partial charge in [-0.3, -0.25) is 0 Å². The van der Waals surface area contributed by atoms with E-state index < -0.39 is 0 Å². The van der Waals surface area contributed by atoms with E-state index in [2.05, 4.69) is 24.4 Å². The molecule has 12 heavy (non-hydrogen) atoms. The first kappa shape index (κ1) is 8.09. The Morgan fingerprint density at radius 3 is 2.92 bits per heavy atom. The summed E-state index contributed by atoms with van der Waals surface area (Å²) in [6, 6.07) is 6.21. The fourth-order valence-corrected chi connectivity index (χ4v) is 2.55. The van der Waals surface area contributed by atoms with E-state index in [1.807, 2.05) is 6.07 Å². The highest BCUT2D eigenvalue weighted by atomic mass is 35.5. The van der Waals surface area contributed by atoms with Crippen LogP contribution in [0.15, 0.2) is 23.6 Å². The van der Waals surface area contributed by atoms with Gasteiger partial charge in [-0.25, -0.2) is 0 Å². The molecule has 1 heterocycles. The molecule has 0 radical (unpaired) electrons. The van der Waals surface area contributed by atoms with Gasteiger partial charge in [0.1, 0.15) is 0 Å². The molecule has 0 fully saturated rings. The SMILES string of the molecule is CCc1c(Cl)ccc2sccc12. The summed E-state index contributed by atoms with van der Waals surface area (Å²) in [5.74, 6) is 0. The van der Waals surface area contributed by atoms with E-state index in [1.54, 1.807) is 11.3 Å². The minimum Gasteiger partial charge on any atom is -0.144 e. The molecule has 0 bridgehead atoms. The van der Waals surface area contributed by atoms with Crippen LogP contribution in [0.5, 0.6) is 0 Å². The van der Waals surface area contributed by atoms with Crippen LogP contribution in [0.3, 0.4) is 0 Å². The number of hydrogen-bond donors (Lipinski definition) is 0. The average molecular weight is 197 g/mol. The van der Waals surface area contributed by atoms with Crippen LogP contribution in [0.25, 0.3) is 10.1 Å². The zero-order chi connectivity index (χ0) is 8.55. The Hall–Kier alpha value is -0.530. The molecule has 0 aliphatic rings. The van der Waals surface area contributed by atoms with Gasteiger partial charge in [-0.2, -0.15) is 0 Å². The van der Waals surface area contributed by atoms with Gasteiger partial charge in [-0.15, -0.1) is 11.3 Å². The number of rotatable bonds is 1. The van der Waals surface area contributed by atoms with Crippen molar-refractivity contribution in [2.45, 2.75) is 13.3 Å². The molecule has 0 saturated heterocycles. The van der Waals surface area contributed by atoms with Gasteiger partial charge < -0.3 is 0 Å². The standard InChI is InChI=1S/C10H9ClS/c1-2-7-8-5-6-12-10(8)4-3-9(7)11/h3-6H,2H2,1H3. The van der Waals surface area contributed by atoms with Gasteiger partial charge in [0.2, 0.25) is 0 Å². The van der Waals surface area contributed by atoms with Crippen molar-refractivity contribution in [2.24, 2.45) is 0 Å². The summed E-state index contributed by atoms with van der Waals surface area (Å²) in [6.07, 6.45) is 1.01. The van der Waals surface area contributed by atoms with E-state index in [4.69, 9.17) is 11.6 Å². The van der Waals surface area contributed by atoms with Crippen LogP contribution in [0.2, 0.25) is 5.02 Å². The summed E-state index contributed by atoms with van der Waals surface area (Å²) in [7, 11) is 0. The summed E-state index contributed by atoms with van der Waals surface area (Å²) in [6.45, 7) is 2.14. The van der Waals surface area contributed by atoms with Crippen LogP contribution in [0.1, 0.15) is 12.5 Å². The third-order valence-corrected chi connectivity index (χ3v) is 3.28. The lowest BCUT2D eigenvalue weighted by Crippen LogP contribution is -1.81. The molecule has 0 saturated carbocycles. The topological polar surface area (TPSA) is 0 Å². The molecular weight excluding hydrogens is 188 g/mol. The van der Waals surface area contributed by atoms with Gasteiger partial charge in [0.05, 0.1) is 0 Å². The molecule has 0 N–H and O–H groups in total. The van der Waals surface area contributed by atoms with Gasteiger partial charge in [-0.05, 0) is 40.9 Å². The number of thiophene rings is 1. The van der Waals surface area contributed by atoms with Gasteiger partial charge in [0, 0.05) is 9.72 Å². The van der Waals surface area contributed by atoms with Crippen molar-refractivity contribution in [2.75, 3.05) is 0 Å². The van der Waals surface area contributed by atoms with E-state index in [9.17, 15) is 0 Å². The highest BCUT2D eigenvalue weighted by Crippen LogP contribution is 2.29. The average Bonchev–Trinajstić information content (AvgIpc) is 2.52. The molecule has 2 heteroatoms. The van der Waals surface area contributed by atoms with Crippen molar-refractivity contribution in [1.82, 2.24) is 0 Å². The minimum atomic E-state index is 0.892. The van der Waals surface area contributed by atoms with Crippen molar-refractivity contribution in [3.63, 3.8) is 0 Å². The van der Waals surface area contributed by atoms with Crippen molar-refractivity contribution >= 4 is 33.0 Å². The molecule has 1 aromatic heterocycles. The van der Waals surface area contributed by atoms with E-state index in [0.717, 1.165) is 11.4 Å².